The number of hydrogen-bond acceptors (Lipinski definition) is 5. The minimum atomic E-state index is -3.78. The van der Waals surface area contributed by atoms with Crippen LogP contribution < -0.4 is 0 Å². The summed E-state index contributed by atoms with van der Waals surface area (Å²) < 4.78 is 45.8. The minimum Gasteiger partial charge on any atom is -0.395 e. The van der Waals surface area contributed by atoms with Gasteiger partial charge >= 0.3 is 0 Å². The van der Waals surface area contributed by atoms with E-state index in [1.807, 2.05) is 38.1 Å². The molecule has 0 radical (unpaired) electrons. The lowest BCUT2D eigenvalue weighted by Crippen LogP contribution is -2.44. The second-order valence-corrected chi connectivity index (χ2v) is 10.5. The number of sulfonamides is 1. The Hall–Kier alpha value is -1.55. The van der Waals surface area contributed by atoms with Gasteiger partial charge in [0.25, 0.3) is 0 Å². The molecule has 1 N–H and O–H groups in total. The Kier molecular flexibility index (Phi) is 10.1. The summed E-state index contributed by atoms with van der Waals surface area (Å²) in [4.78, 5) is 2.13. The fourth-order valence-electron chi connectivity index (χ4n) is 3.47. The van der Waals surface area contributed by atoms with Crippen molar-refractivity contribution in [1.29, 1.82) is 0 Å². The third-order valence-corrected chi connectivity index (χ3v) is 7.84. The zero-order valence-corrected chi connectivity index (χ0v) is 20.5. The van der Waals surface area contributed by atoms with Gasteiger partial charge < -0.3 is 9.84 Å². The van der Waals surface area contributed by atoms with Crippen molar-refractivity contribution < 1.29 is 22.7 Å². The van der Waals surface area contributed by atoms with E-state index in [9.17, 15) is 17.9 Å². The molecule has 32 heavy (non-hydrogen) atoms. The topological polar surface area (TPSA) is 70.1 Å². The molecule has 0 amide bonds. The molecule has 2 aromatic rings. The van der Waals surface area contributed by atoms with E-state index in [0.717, 1.165) is 17.7 Å². The van der Waals surface area contributed by atoms with Gasteiger partial charge in [-0.1, -0.05) is 36.7 Å². The summed E-state index contributed by atoms with van der Waals surface area (Å²) in [5, 5.41) is 10.4. The lowest BCUT2D eigenvalue weighted by atomic mass is 10.0. The number of rotatable bonds is 12. The largest absolute Gasteiger partial charge is 0.395 e. The summed E-state index contributed by atoms with van der Waals surface area (Å²) in [5.41, 5.74) is 0.951. The molecule has 0 heterocycles. The van der Waals surface area contributed by atoms with Gasteiger partial charge in [0.1, 0.15) is 5.82 Å². The predicted molar refractivity (Wildman–Crippen MR) is 125 cm³/mol. The van der Waals surface area contributed by atoms with Crippen LogP contribution in [0.25, 0.3) is 0 Å². The maximum Gasteiger partial charge on any atom is 0.242 e. The highest BCUT2D eigenvalue weighted by atomic mass is 35.5. The Bertz CT molecular complexity index is 959. The Labute approximate surface area is 195 Å². The number of likely N-dealkylation sites (N-methyl/N-ethyl adjacent to an activating group) is 1. The van der Waals surface area contributed by atoms with Crippen LogP contribution >= 0.6 is 11.6 Å². The first-order chi connectivity index (χ1) is 15.1. The molecule has 2 aromatic carbocycles. The molecule has 0 saturated carbocycles. The molecule has 2 rings (SSSR count). The van der Waals surface area contributed by atoms with E-state index in [4.69, 9.17) is 16.3 Å². The maximum absolute atomic E-state index is 13.2. The van der Waals surface area contributed by atoms with Gasteiger partial charge in [0.2, 0.25) is 10.0 Å². The SMILES string of the molecule is CO[C@H](CN(C)S(=O)(=O)c1ccc(F)cc1)[C@H](C)CN(Cc1ccccc1Cl)[C@H](C)CO. The highest BCUT2D eigenvalue weighted by molar-refractivity contribution is 7.89. The molecule has 0 aliphatic rings. The molecule has 9 heteroatoms. The summed E-state index contributed by atoms with van der Waals surface area (Å²) >= 11 is 6.32. The van der Waals surface area contributed by atoms with Gasteiger partial charge in [-0.15, -0.1) is 0 Å². The molecular weight excluding hydrogens is 455 g/mol. The first-order valence-electron chi connectivity index (χ1n) is 10.4. The highest BCUT2D eigenvalue weighted by Crippen LogP contribution is 2.22. The number of halogens is 2. The third-order valence-electron chi connectivity index (χ3n) is 5.64. The highest BCUT2D eigenvalue weighted by Gasteiger charge is 2.28. The molecule has 0 unspecified atom stereocenters. The molecule has 0 aliphatic heterocycles. The van der Waals surface area contributed by atoms with Crippen LogP contribution in [0.2, 0.25) is 5.02 Å². The molecule has 3 atom stereocenters. The lowest BCUT2D eigenvalue weighted by molar-refractivity contribution is 0.0194. The Morgan fingerprint density at radius 1 is 1.09 bits per heavy atom. The van der Waals surface area contributed by atoms with Crippen LogP contribution in [0.3, 0.4) is 0 Å². The molecule has 0 saturated heterocycles. The molecule has 0 aromatic heterocycles. The third kappa shape index (κ3) is 6.97. The summed E-state index contributed by atoms with van der Waals surface area (Å²) in [6.07, 6.45) is -0.394. The average Bonchev–Trinajstić information content (AvgIpc) is 2.77. The van der Waals surface area contributed by atoms with Crippen LogP contribution in [0.15, 0.2) is 53.4 Å². The number of methoxy groups -OCH3 is 1. The molecule has 0 bridgehead atoms. The predicted octanol–water partition coefficient (Wildman–Crippen LogP) is 3.63. The van der Waals surface area contributed by atoms with E-state index in [0.29, 0.717) is 18.1 Å². The summed E-state index contributed by atoms with van der Waals surface area (Å²) in [6.45, 7) is 5.13. The number of nitrogens with zero attached hydrogens (tertiary/aromatic N) is 2. The summed E-state index contributed by atoms with van der Waals surface area (Å²) in [5.74, 6) is -0.547. The molecule has 178 valence electrons. The summed E-state index contributed by atoms with van der Waals surface area (Å²) in [7, 11) is -0.752. The van der Waals surface area contributed by atoms with Crippen LogP contribution in [0.5, 0.6) is 0 Å². The molecular formula is C23H32ClFN2O4S. The molecule has 0 fully saturated rings. The van der Waals surface area contributed by atoms with Gasteiger partial charge in [0.15, 0.2) is 0 Å². The van der Waals surface area contributed by atoms with E-state index < -0.39 is 21.9 Å². The zero-order valence-electron chi connectivity index (χ0n) is 18.9. The molecule has 6 nitrogen and oxygen atoms in total. The van der Waals surface area contributed by atoms with Crippen molar-refractivity contribution in [3.63, 3.8) is 0 Å². The second kappa shape index (κ2) is 12.1. The van der Waals surface area contributed by atoms with Crippen LogP contribution in [-0.4, -0.2) is 68.7 Å². The number of ether oxygens (including phenoxy) is 1. The maximum atomic E-state index is 13.2. The number of benzene rings is 2. The van der Waals surface area contributed by atoms with Gasteiger partial charge in [-0.05, 0) is 48.7 Å². The zero-order chi connectivity index (χ0) is 23.9. The van der Waals surface area contributed by atoms with Crippen molar-refractivity contribution in [3.8, 4) is 0 Å². The van der Waals surface area contributed by atoms with E-state index in [1.165, 1.54) is 23.5 Å². The van der Waals surface area contributed by atoms with Crippen molar-refractivity contribution in [3.05, 3.63) is 64.9 Å². The van der Waals surface area contributed by atoms with Gasteiger partial charge in [-0.2, -0.15) is 4.31 Å². The van der Waals surface area contributed by atoms with Crippen LogP contribution in [0.1, 0.15) is 19.4 Å². The molecule has 0 spiro atoms. The standard InChI is InChI=1S/C23H32ClFN2O4S/c1-17(13-27(18(2)16-28)14-19-7-5-6-8-22(19)24)23(31-4)15-26(3)32(29,30)21-11-9-20(25)10-12-21/h5-12,17-18,23,28H,13-16H2,1-4H3/t17-,18-,23-/m1/s1. The van der Waals surface area contributed by atoms with Crippen LogP contribution in [0, 0.1) is 11.7 Å². The van der Waals surface area contributed by atoms with Crippen molar-refractivity contribution in [2.75, 3.05) is 33.9 Å². The Morgan fingerprint density at radius 3 is 2.28 bits per heavy atom. The van der Waals surface area contributed by atoms with Crippen molar-refractivity contribution >= 4 is 21.6 Å². The van der Waals surface area contributed by atoms with E-state index in [2.05, 4.69) is 4.90 Å². The van der Waals surface area contributed by atoms with Crippen LogP contribution in [-0.2, 0) is 21.3 Å². The van der Waals surface area contributed by atoms with Crippen molar-refractivity contribution in [1.82, 2.24) is 9.21 Å². The fraction of sp³-hybridized carbons (Fsp3) is 0.478. The molecule has 0 aliphatic carbocycles. The van der Waals surface area contributed by atoms with E-state index in [1.54, 1.807) is 7.11 Å². The Morgan fingerprint density at radius 2 is 1.72 bits per heavy atom. The average molecular weight is 487 g/mol. The summed E-state index contributed by atoms with van der Waals surface area (Å²) in [6, 6.07) is 12.2. The minimum absolute atomic E-state index is 0.0202. The van der Waals surface area contributed by atoms with E-state index in [-0.39, 0.29) is 30.0 Å². The van der Waals surface area contributed by atoms with Gasteiger partial charge in [0.05, 0.1) is 17.6 Å². The first kappa shape index (κ1) is 26.7. The quantitative estimate of drug-likeness (QED) is 0.496. The second-order valence-electron chi connectivity index (χ2n) is 8.04. The van der Waals surface area contributed by atoms with Crippen LogP contribution in [0.4, 0.5) is 4.39 Å². The van der Waals surface area contributed by atoms with Crippen molar-refractivity contribution in [2.24, 2.45) is 5.92 Å². The normalized spacial score (nSPS) is 15.2. The van der Waals surface area contributed by atoms with Gasteiger partial charge in [-0.25, -0.2) is 12.8 Å². The lowest BCUT2D eigenvalue weighted by Gasteiger charge is -2.34. The monoisotopic (exact) mass is 486 g/mol. The first-order valence-corrected chi connectivity index (χ1v) is 12.2. The fourth-order valence-corrected chi connectivity index (χ4v) is 4.85. The smallest absolute Gasteiger partial charge is 0.242 e. The van der Waals surface area contributed by atoms with Gasteiger partial charge in [-0.3, -0.25) is 4.90 Å². The number of hydrogen-bond donors (Lipinski definition) is 1. The van der Waals surface area contributed by atoms with E-state index >= 15 is 0 Å². The van der Waals surface area contributed by atoms with Crippen molar-refractivity contribution in [2.45, 2.75) is 37.4 Å². The number of aliphatic hydroxyl groups excluding tert-OH is 1. The Balaban J connectivity index is 2.12. The van der Waals surface area contributed by atoms with Gasteiger partial charge in [0, 0.05) is 44.9 Å². The number of aliphatic hydroxyl groups is 1.